The van der Waals surface area contributed by atoms with Crippen molar-refractivity contribution in [3.8, 4) is 11.4 Å². The monoisotopic (exact) mass is 488 g/mol. The zero-order chi connectivity index (χ0) is 23.5. The molecular formula is C24H26Cl2N4O3. The Hall–Kier alpha value is -2.58. The molecule has 0 spiro atoms. The Balaban J connectivity index is 1.45. The number of β-amino-alcohol motifs (C(OH)–C–C–N with tert-alkyl or cyclic N) is 1. The standard InChI is InChI=1S/C24H26Cl2N4O3/c1-15-10-30(14-27-15)22-6-4-16(7-23(22)33-2)24(32)28-19-9-20(31)13-29(12-19)11-17-3-5-18(25)8-21(17)26/h3-8,10,14,19-20,31H,9,11-13H2,1-2H3,(H,28,32). The van der Waals surface area contributed by atoms with Gasteiger partial charge in [0.2, 0.25) is 0 Å². The van der Waals surface area contributed by atoms with Crippen molar-refractivity contribution >= 4 is 29.1 Å². The highest BCUT2D eigenvalue weighted by molar-refractivity contribution is 6.35. The minimum absolute atomic E-state index is 0.200. The van der Waals surface area contributed by atoms with Crippen molar-refractivity contribution in [2.24, 2.45) is 0 Å². The summed E-state index contributed by atoms with van der Waals surface area (Å²) in [5.74, 6) is 0.355. The van der Waals surface area contributed by atoms with Gasteiger partial charge in [-0.1, -0.05) is 29.3 Å². The van der Waals surface area contributed by atoms with Crippen molar-refractivity contribution in [3.63, 3.8) is 0 Å². The minimum atomic E-state index is -0.545. The number of rotatable bonds is 6. The number of hydrogen-bond donors (Lipinski definition) is 2. The number of aliphatic hydroxyl groups excluding tert-OH is 1. The van der Waals surface area contributed by atoms with Crippen molar-refractivity contribution < 1.29 is 14.6 Å². The van der Waals surface area contributed by atoms with E-state index in [1.165, 1.54) is 0 Å². The first kappa shape index (κ1) is 23.6. The molecule has 3 aromatic rings. The van der Waals surface area contributed by atoms with E-state index in [-0.39, 0.29) is 11.9 Å². The van der Waals surface area contributed by atoms with Crippen LogP contribution in [0.1, 0.15) is 28.0 Å². The number of imidazole rings is 1. The SMILES string of the molecule is COc1cc(C(=O)NC2CC(O)CN(Cc3ccc(Cl)cc3Cl)C2)ccc1-n1cnc(C)c1. The lowest BCUT2D eigenvalue weighted by Crippen LogP contribution is -2.52. The fraction of sp³-hybridized carbons (Fsp3) is 0.333. The first-order chi connectivity index (χ1) is 15.8. The van der Waals surface area contributed by atoms with Crippen LogP contribution < -0.4 is 10.1 Å². The maximum Gasteiger partial charge on any atom is 0.251 e. The fourth-order valence-electron chi connectivity index (χ4n) is 4.14. The normalized spacial score (nSPS) is 18.8. The van der Waals surface area contributed by atoms with Crippen LogP contribution in [0, 0.1) is 6.92 Å². The lowest BCUT2D eigenvalue weighted by atomic mass is 10.0. The molecule has 2 heterocycles. The molecule has 7 nitrogen and oxygen atoms in total. The van der Waals surface area contributed by atoms with Gasteiger partial charge in [-0.05, 0) is 49.2 Å². The van der Waals surface area contributed by atoms with Crippen molar-refractivity contribution in [1.82, 2.24) is 19.8 Å². The molecule has 4 rings (SSSR count). The highest BCUT2D eigenvalue weighted by Crippen LogP contribution is 2.26. The lowest BCUT2D eigenvalue weighted by molar-refractivity contribution is 0.0459. The van der Waals surface area contributed by atoms with Gasteiger partial charge in [-0.3, -0.25) is 9.69 Å². The van der Waals surface area contributed by atoms with Gasteiger partial charge in [0.15, 0.2) is 0 Å². The summed E-state index contributed by atoms with van der Waals surface area (Å²) < 4.78 is 7.37. The number of piperidine rings is 1. The van der Waals surface area contributed by atoms with E-state index in [4.69, 9.17) is 27.9 Å². The summed E-state index contributed by atoms with van der Waals surface area (Å²) in [7, 11) is 1.57. The molecule has 0 bridgehead atoms. The van der Waals surface area contributed by atoms with Gasteiger partial charge in [0, 0.05) is 47.5 Å². The molecule has 1 aromatic heterocycles. The molecule has 33 heavy (non-hydrogen) atoms. The summed E-state index contributed by atoms with van der Waals surface area (Å²) in [6, 6.07) is 10.5. The quantitative estimate of drug-likeness (QED) is 0.550. The van der Waals surface area contributed by atoms with Gasteiger partial charge in [-0.15, -0.1) is 0 Å². The van der Waals surface area contributed by atoms with Crippen LogP contribution in [-0.4, -0.2) is 57.8 Å². The first-order valence-electron chi connectivity index (χ1n) is 10.7. The number of nitrogens with one attached hydrogen (secondary N) is 1. The topological polar surface area (TPSA) is 79.6 Å². The molecule has 0 aliphatic carbocycles. The zero-order valence-corrected chi connectivity index (χ0v) is 20.0. The molecule has 0 saturated carbocycles. The Bertz CT molecular complexity index is 1150. The summed E-state index contributed by atoms with van der Waals surface area (Å²) in [6.07, 6.45) is 3.54. The largest absolute Gasteiger partial charge is 0.495 e. The number of aromatic nitrogens is 2. The van der Waals surface area contributed by atoms with Gasteiger partial charge in [0.05, 0.1) is 30.9 Å². The second kappa shape index (κ2) is 10.1. The Morgan fingerprint density at radius 2 is 2.06 bits per heavy atom. The summed E-state index contributed by atoms with van der Waals surface area (Å²) in [6.45, 7) is 3.59. The molecule has 1 amide bonds. The molecule has 174 valence electrons. The number of nitrogens with zero attached hydrogens (tertiary/aromatic N) is 3. The first-order valence-corrected chi connectivity index (χ1v) is 11.4. The Kier molecular flexibility index (Phi) is 7.24. The Morgan fingerprint density at radius 3 is 2.76 bits per heavy atom. The zero-order valence-electron chi connectivity index (χ0n) is 18.5. The van der Waals surface area contributed by atoms with Crippen LogP contribution in [0.3, 0.4) is 0 Å². The van der Waals surface area contributed by atoms with E-state index in [1.807, 2.05) is 29.8 Å². The number of hydrogen-bond acceptors (Lipinski definition) is 5. The van der Waals surface area contributed by atoms with Crippen LogP contribution in [0.4, 0.5) is 0 Å². The van der Waals surface area contributed by atoms with E-state index < -0.39 is 6.10 Å². The molecule has 2 N–H and O–H groups in total. The molecular weight excluding hydrogens is 463 g/mol. The average Bonchev–Trinajstić information content (AvgIpc) is 3.21. The Morgan fingerprint density at radius 1 is 1.24 bits per heavy atom. The van der Waals surface area contributed by atoms with Crippen molar-refractivity contribution in [2.75, 3.05) is 20.2 Å². The van der Waals surface area contributed by atoms with Crippen molar-refractivity contribution in [2.45, 2.75) is 32.0 Å². The van der Waals surface area contributed by atoms with E-state index in [0.29, 0.717) is 47.4 Å². The van der Waals surface area contributed by atoms with Gasteiger partial charge in [-0.25, -0.2) is 4.98 Å². The van der Waals surface area contributed by atoms with Crippen molar-refractivity contribution in [1.29, 1.82) is 0 Å². The molecule has 0 radical (unpaired) electrons. The third-order valence-corrected chi connectivity index (χ3v) is 6.27. The van der Waals surface area contributed by atoms with Gasteiger partial charge >= 0.3 is 0 Å². The summed E-state index contributed by atoms with van der Waals surface area (Å²) in [5, 5.41) is 14.6. The van der Waals surface area contributed by atoms with Crippen LogP contribution in [0.15, 0.2) is 48.9 Å². The lowest BCUT2D eigenvalue weighted by Gasteiger charge is -2.36. The fourth-order valence-corrected chi connectivity index (χ4v) is 4.61. The number of amides is 1. The number of carbonyl (C=O) groups excluding carboxylic acids is 1. The molecule has 1 saturated heterocycles. The number of benzene rings is 2. The van der Waals surface area contributed by atoms with Crippen LogP contribution in [-0.2, 0) is 6.54 Å². The number of ether oxygens (including phenoxy) is 1. The molecule has 9 heteroatoms. The summed E-state index contributed by atoms with van der Waals surface area (Å²) in [4.78, 5) is 19.3. The summed E-state index contributed by atoms with van der Waals surface area (Å²) in [5.41, 5.74) is 3.10. The van der Waals surface area contributed by atoms with Gasteiger partial charge in [0.1, 0.15) is 5.75 Å². The number of aliphatic hydroxyl groups is 1. The average molecular weight is 489 g/mol. The minimum Gasteiger partial charge on any atom is -0.495 e. The molecule has 2 atom stereocenters. The smallest absolute Gasteiger partial charge is 0.251 e. The molecule has 2 unspecified atom stereocenters. The third-order valence-electron chi connectivity index (χ3n) is 5.68. The highest BCUT2D eigenvalue weighted by Gasteiger charge is 2.28. The molecule has 1 aliphatic heterocycles. The van der Waals surface area contributed by atoms with Gasteiger partial charge < -0.3 is 19.7 Å². The van der Waals surface area contributed by atoms with Crippen LogP contribution in [0.25, 0.3) is 5.69 Å². The number of likely N-dealkylation sites (tertiary alicyclic amines) is 1. The predicted octanol–water partition coefficient (Wildman–Crippen LogP) is 3.86. The molecule has 1 fully saturated rings. The van der Waals surface area contributed by atoms with Gasteiger partial charge in [0.25, 0.3) is 5.91 Å². The van der Waals surface area contributed by atoms with E-state index in [1.54, 1.807) is 37.7 Å². The van der Waals surface area contributed by atoms with E-state index in [0.717, 1.165) is 16.9 Å². The number of methoxy groups -OCH3 is 1. The highest BCUT2D eigenvalue weighted by atomic mass is 35.5. The second-order valence-electron chi connectivity index (χ2n) is 8.30. The Labute approximate surface area is 202 Å². The maximum absolute atomic E-state index is 13.0. The number of halogens is 2. The second-order valence-corrected chi connectivity index (χ2v) is 9.14. The number of aryl methyl sites for hydroxylation is 1. The molecule has 2 aromatic carbocycles. The summed E-state index contributed by atoms with van der Waals surface area (Å²) >= 11 is 12.3. The van der Waals surface area contributed by atoms with E-state index >= 15 is 0 Å². The maximum atomic E-state index is 13.0. The van der Waals surface area contributed by atoms with E-state index in [2.05, 4.69) is 15.2 Å². The van der Waals surface area contributed by atoms with E-state index in [9.17, 15) is 9.90 Å². The van der Waals surface area contributed by atoms with Crippen LogP contribution in [0.2, 0.25) is 10.0 Å². The van der Waals surface area contributed by atoms with Crippen molar-refractivity contribution in [3.05, 3.63) is 75.8 Å². The van der Waals surface area contributed by atoms with Crippen LogP contribution >= 0.6 is 23.2 Å². The van der Waals surface area contributed by atoms with Gasteiger partial charge in [-0.2, -0.15) is 0 Å². The predicted molar refractivity (Wildman–Crippen MR) is 128 cm³/mol. The third kappa shape index (κ3) is 5.68. The molecule has 1 aliphatic rings. The van der Waals surface area contributed by atoms with Crippen LogP contribution in [0.5, 0.6) is 5.75 Å². The number of carbonyl (C=O) groups is 1.